The third-order valence-electron chi connectivity index (χ3n) is 3.08. The lowest BCUT2D eigenvalue weighted by molar-refractivity contribution is -0.141. The van der Waals surface area contributed by atoms with Gasteiger partial charge < -0.3 is 10.1 Å². The molecule has 0 atom stereocenters. The zero-order valence-corrected chi connectivity index (χ0v) is 11.6. The van der Waals surface area contributed by atoms with Gasteiger partial charge in [0.1, 0.15) is 6.42 Å². The minimum absolute atomic E-state index is 0.00603. The van der Waals surface area contributed by atoms with Gasteiger partial charge in [-0.3, -0.25) is 9.59 Å². The Morgan fingerprint density at radius 1 is 1.09 bits per heavy atom. The lowest BCUT2D eigenvalue weighted by Gasteiger charge is -2.14. The summed E-state index contributed by atoms with van der Waals surface area (Å²) in [7, 11) is 0. The Balaban J connectivity index is 2.42. The predicted molar refractivity (Wildman–Crippen MR) is 68.5 cm³/mol. The van der Waals surface area contributed by atoms with E-state index >= 15 is 0 Å². The molecule has 1 fully saturated rings. The molecule has 0 amide bonds. The van der Waals surface area contributed by atoms with E-state index in [-0.39, 0.29) is 12.6 Å². The van der Waals surface area contributed by atoms with Gasteiger partial charge >= 0.3 is 5.97 Å². The van der Waals surface area contributed by atoms with Crippen molar-refractivity contribution in [2.24, 2.45) is 0 Å². The number of halogens is 4. The van der Waals surface area contributed by atoms with Crippen molar-refractivity contribution in [3.8, 4) is 0 Å². The third kappa shape index (κ3) is 3.20. The number of carbonyl (C=O) groups is 2. The molecule has 0 bridgehead atoms. The van der Waals surface area contributed by atoms with Crippen molar-refractivity contribution in [2.45, 2.75) is 32.2 Å². The second-order valence-corrected chi connectivity index (χ2v) is 4.83. The van der Waals surface area contributed by atoms with Crippen LogP contribution in [0, 0.1) is 23.3 Å². The molecule has 22 heavy (non-hydrogen) atoms. The van der Waals surface area contributed by atoms with E-state index in [2.05, 4.69) is 10.1 Å². The Morgan fingerprint density at radius 3 is 2.23 bits per heavy atom. The summed E-state index contributed by atoms with van der Waals surface area (Å²) < 4.78 is 58.9. The van der Waals surface area contributed by atoms with E-state index in [0.717, 1.165) is 0 Å². The Morgan fingerprint density at radius 2 is 1.68 bits per heavy atom. The van der Waals surface area contributed by atoms with Crippen LogP contribution in [0.5, 0.6) is 0 Å². The average Bonchev–Trinajstić information content (AvgIpc) is 3.26. The molecule has 0 aliphatic heterocycles. The van der Waals surface area contributed by atoms with Crippen LogP contribution in [-0.4, -0.2) is 24.4 Å². The second kappa shape index (κ2) is 6.33. The highest BCUT2D eigenvalue weighted by Gasteiger charge is 2.33. The molecule has 1 aromatic rings. The van der Waals surface area contributed by atoms with Gasteiger partial charge in [-0.2, -0.15) is 0 Å². The highest BCUT2D eigenvalue weighted by molar-refractivity contribution is 6.09. The first-order valence-corrected chi connectivity index (χ1v) is 6.68. The van der Waals surface area contributed by atoms with Crippen molar-refractivity contribution in [1.29, 1.82) is 0 Å². The maximum absolute atomic E-state index is 13.9. The number of ketones is 1. The minimum atomic E-state index is -2.09. The number of anilines is 1. The molecule has 1 N–H and O–H groups in total. The van der Waals surface area contributed by atoms with Gasteiger partial charge in [0.25, 0.3) is 0 Å². The average molecular weight is 319 g/mol. The summed E-state index contributed by atoms with van der Waals surface area (Å²) in [6.07, 6.45) is 0.367. The lowest BCUT2D eigenvalue weighted by atomic mass is 10.0. The first-order valence-electron chi connectivity index (χ1n) is 6.68. The number of esters is 1. The number of benzene rings is 1. The maximum atomic E-state index is 13.9. The van der Waals surface area contributed by atoms with Gasteiger partial charge in [-0.05, 0) is 19.8 Å². The molecule has 2 rings (SSSR count). The summed E-state index contributed by atoms with van der Waals surface area (Å²) in [6, 6.07) is -0.243. The third-order valence-corrected chi connectivity index (χ3v) is 3.08. The molecule has 0 aromatic heterocycles. The Kier molecular flexibility index (Phi) is 4.68. The number of hydrogen-bond acceptors (Lipinski definition) is 4. The molecule has 1 aliphatic carbocycles. The summed E-state index contributed by atoms with van der Waals surface area (Å²) in [4.78, 5) is 23.2. The molecule has 120 valence electrons. The number of nitrogens with one attached hydrogen (secondary N) is 1. The van der Waals surface area contributed by atoms with Crippen molar-refractivity contribution in [3.63, 3.8) is 0 Å². The number of ether oxygens (including phenoxy) is 1. The molecule has 0 saturated heterocycles. The highest BCUT2D eigenvalue weighted by atomic mass is 19.2. The largest absolute Gasteiger partial charge is 0.466 e. The van der Waals surface area contributed by atoms with Crippen molar-refractivity contribution < 1.29 is 31.9 Å². The zero-order valence-electron chi connectivity index (χ0n) is 11.6. The van der Waals surface area contributed by atoms with Crippen LogP contribution in [-0.2, 0) is 9.53 Å². The number of rotatable bonds is 6. The molecular formula is C14H13F4NO3. The quantitative estimate of drug-likeness (QED) is 0.219. The SMILES string of the molecule is CCOC(=O)CC(=O)c1c(F)c(F)c(F)c(F)c1NC1CC1. The smallest absolute Gasteiger partial charge is 0.313 e. The first kappa shape index (κ1) is 16.3. The standard InChI is InChI=1S/C14H13F4NO3/c1-2-22-8(21)5-7(20)9-10(15)11(16)12(17)13(18)14(9)19-6-3-4-6/h6,19H,2-5H2,1H3. The molecule has 0 unspecified atom stereocenters. The summed E-state index contributed by atoms with van der Waals surface area (Å²) in [5.41, 5.74) is -1.76. The van der Waals surface area contributed by atoms with Crippen LogP contribution in [0.15, 0.2) is 0 Å². The van der Waals surface area contributed by atoms with Crippen molar-refractivity contribution in [2.75, 3.05) is 11.9 Å². The van der Waals surface area contributed by atoms with Crippen molar-refractivity contribution >= 4 is 17.4 Å². The Bertz CT molecular complexity index is 629. The molecule has 4 nitrogen and oxygen atoms in total. The van der Waals surface area contributed by atoms with Gasteiger partial charge in [0.2, 0.25) is 0 Å². The van der Waals surface area contributed by atoms with E-state index in [4.69, 9.17) is 0 Å². The van der Waals surface area contributed by atoms with Crippen LogP contribution in [0.4, 0.5) is 23.2 Å². The van der Waals surface area contributed by atoms with Gasteiger partial charge in [0.05, 0.1) is 17.9 Å². The molecule has 0 radical (unpaired) electrons. The predicted octanol–water partition coefficient (Wildman–Crippen LogP) is 2.95. The molecule has 8 heteroatoms. The van der Waals surface area contributed by atoms with Crippen LogP contribution < -0.4 is 5.32 Å². The van der Waals surface area contributed by atoms with Gasteiger partial charge in [-0.25, -0.2) is 17.6 Å². The van der Waals surface area contributed by atoms with Crippen molar-refractivity contribution in [1.82, 2.24) is 0 Å². The molecule has 0 spiro atoms. The fourth-order valence-electron chi connectivity index (χ4n) is 1.89. The van der Waals surface area contributed by atoms with E-state index in [9.17, 15) is 27.2 Å². The van der Waals surface area contributed by atoms with E-state index in [1.807, 2.05) is 0 Å². The molecule has 1 saturated carbocycles. The molecule has 1 aromatic carbocycles. The fourth-order valence-corrected chi connectivity index (χ4v) is 1.89. The lowest BCUT2D eigenvalue weighted by Crippen LogP contribution is -2.19. The van der Waals surface area contributed by atoms with Gasteiger partial charge in [0.15, 0.2) is 29.1 Å². The summed E-state index contributed by atoms with van der Waals surface area (Å²) in [5.74, 6) is -9.75. The number of hydrogen-bond donors (Lipinski definition) is 1. The molecular weight excluding hydrogens is 306 g/mol. The number of Topliss-reactive ketones (excluding diaryl/α,β-unsaturated/α-hetero) is 1. The van der Waals surface area contributed by atoms with Crippen LogP contribution in [0.2, 0.25) is 0 Å². The van der Waals surface area contributed by atoms with Gasteiger partial charge in [-0.15, -0.1) is 0 Å². The first-order chi connectivity index (χ1) is 10.4. The Hall–Kier alpha value is -2.12. The Labute approximate surface area is 123 Å². The van der Waals surface area contributed by atoms with E-state index in [0.29, 0.717) is 12.8 Å². The highest BCUT2D eigenvalue weighted by Crippen LogP contribution is 2.33. The van der Waals surface area contributed by atoms with Gasteiger partial charge in [-0.1, -0.05) is 0 Å². The summed E-state index contributed by atoms with van der Waals surface area (Å²) in [5, 5.41) is 2.45. The van der Waals surface area contributed by atoms with Crippen LogP contribution in [0.1, 0.15) is 36.5 Å². The molecule has 0 heterocycles. The van der Waals surface area contributed by atoms with E-state index in [1.165, 1.54) is 6.92 Å². The topological polar surface area (TPSA) is 55.4 Å². The second-order valence-electron chi connectivity index (χ2n) is 4.83. The maximum Gasteiger partial charge on any atom is 0.313 e. The molecule has 1 aliphatic rings. The van der Waals surface area contributed by atoms with Crippen LogP contribution in [0.25, 0.3) is 0 Å². The van der Waals surface area contributed by atoms with E-state index in [1.54, 1.807) is 0 Å². The van der Waals surface area contributed by atoms with Crippen LogP contribution >= 0.6 is 0 Å². The number of carbonyl (C=O) groups excluding carboxylic acids is 2. The monoisotopic (exact) mass is 319 g/mol. The zero-order chi connectivity index (χ0) is 16.4. The van der Waals surface area contributed by atoms with Gasteiger partial charge in [0, 0.05) is 6.04 Å². The summed E-state index contributed by atoms with van der Waals surface area (Å²) >= 11 is 0. The fraction of sp³-hybridized carbons (Fsp3) is 0.429. The minimum Gasteiger partial charge on any atom is -0.466 e. The van der Waals surface area contributed by atoms with Crippen molar-refractivity contribution in [3.05, 3.63) is 28.8 Å². The normalized spacial score (nSPS) is 13.9. The van der Waals surface area contributed by atoms with E-state index < -0.39 is 52.7 Å². The summed E-state index contributed by atoms with van der Waals surface area (Å²) in [6.45, 7) is 1.49. The van der Waals surface area contributed by atoms with Crippen LogP contribution in [0.3, 0.4) is 0 Å².